The Labute approximate surface area is 73.4 Å². The summed E-state index contributed by atoms with van der Waals surface area (Å²) in [5, 5.41) is 10.3. The van der Waals surface area contributed by atoms with Gasteiger partial charge in [0.2, 0.25) is 0 Å². The molecule has 2 heteroatoms. The van der Waals surface area contributed by atoms with Gasteiger partial charge in [-0.15, -0.1) is 0 Å². The third-order valence-electron chi connectivity index (χ3n) is 1.90. The van der Waals surface area contributed by atoms with Crippen molar-refractivity contribution in [2.24, 2.45) is 0 Å². The first-order chi connectivity index (χ1) is 5.59. The molecule has 1 rings (SSSR count). The molecule has 0 aliphatic heterocycles. The molecule has 0 aromatic heterocycles. The molecule has 0 amide bonds. The van der Waals surface area contributed by atoms with Gasteiger partial charge >= 0.3 is 0 Å². The van der Waals surface area contributed by atoms with Crippen LogP contribution in [0, 0.1) is 13.8 Å². The van der Waals surface area contributed by atoms with Crippen molar-refractivity contribution in [2.75, 3.05) is 7.05 Å². The van der Waals surface area contributed by atoms with Crippen LogP contribution in [0.15, 0.2) is 18.2 Å². The zero-order valence-electron chi connectivity index (χ0n) is 7.83. The van der Waals surface area contributed by atoms with Crippen LogP contribution >= 0.6 is 0 Å². The van der Waals surface area contributed by atoms with Crippen LogP contribution in [-0.4, -0.2) is 17.3 Å². The fourth-order valence-corrected chi connectivity index (χ4v) is 1.22. The van der Waals surface area contributed by atoms with E-state index in [-0.39, 0.29) is 0 Å². The molecule has 1 aromatic carbocycles. The zero-order valence-corrected chi connectivity index (χ0v) is 7.83. The van der Waals surface area contributed by atoms with Gasteiger partial charge in [0.1, 0.15) is 0 Å². The lowest BCUT2D eigenvalue weighted by Crippen LogP contribution is -2.12. The lowest BCUT2D eigenvalue weighted by atomic mass is 10.1. The molecule has 0 atom stereocenters. The van der Waals surface area contributed by atoms with Crippen molar-refractivity contribution in [2.45, 2.75) is 20.4 Å². The summed E-state index contributed by atoms with van der Waals surface area (Å²) in [5.41, 5.74) is 3.64. The normalized spacial score (nSPS) is 10.8. The van der Waals surface area contributed by atoms with Crippen molar-refractivity contribution >= 4 is 0 Å². The highest BCUT2D eigenvalue weighted by Gasteiger charge is 2.00. The summed E-state index contributed by atoms with van der Waals surface area (Å²) in [7, 11) is 1.65. The van der Waals surface area contributed by atoms with Gasteiger partial charge in [-0.3, -0.25) is 0 Å². The van der Waals surface area contributed by atoms with Gasteiger partial charge in [0.15, 0.2) is 0 Å². The van der Waals surface area contributed by atoms with Crippen LogP contribution in [0.25, 0.3) is 0 Å². The fourth-order valence-electron chi connectivity index (χ4n) is 1.22. The van der Waals surface area contributed by atoms with Gasteiger partial charge in [-0.05, 0) is 25.0 Å². The minimum Gasteiger partial charge on any atom is -0.314 e. The number of nitrogens with zero attached hydrogens (tertiary/aromatic N) is 1. The average Bonchev–Trinajstić information content (AvgIpc) is 1.96. The lowest BCUT2D eigenvalue weighted by molar-refractivity contribution is -0.0732. The Kier molecular flexibility index (Phi) is 2.84. The summed E-state index contributed by atoms with van der Waals surface area (Å²) in [6, 6.07) is 6.26. The van der Waals surface area contributed by atoms with Crippen molar-refractivity contribution < 1.29 is 5.21 Å². The van der Waals surface area contributed by atoms with Crippen molar-refractivity contribution in [3.8, 4) is 0 Å². The molecule has 0 aliphatic rings. The van der Waals surface area contributed by atoms with Crippen molar-refractivity contribution in [3.05, 3.63) is 34.9 Å². The van der Waals surface area contributed by atoms with Gasteiger partial charge < -0.3 is 5.21 Å². The first kappa shape index (κ1) is 9.23. The summed E-state index contributed by atoms with van der Waals surface area (Å²) < 4.78 is 0. The van der Waals surface area contributed by atoms with Gasteiger partial charge in [0, 0.05) is 13.6 Å². The highest BCUT2D eigenvalue weighted by molar-refractivity contribution is 5.30. The monoisotopic (exact) mass is 165 g/mol. The second kappa shape index (κ2) is 3.70. The van der Waals surface area contributed by atoms with Crippen molar-refractivity contribution in [3.63, 3.8) is 0 Å². The Balaban J connectivity index is 2.90. The van der Waals surface area contributed by atoms with Crippen molar-refractivity contribution in [1.29, 1.82) is 0 Å². The summed E-state index contributed by atoms with van der Waals surface area (Å²) in [4.78, 5) is 0. The minimum absolute atomic E-state index is 0.591. The molecule has 66 valence electrons. The average molecular weight is 165 g/mol. The zero-order chi connectivity index (χ0) is 9.14. The van der Waals surface area contributed by atoms with E-state index < -0.39 is 0 Å². The van der Waals surface area contributed by atoms with E-state index in [0.29, 0.717) is 6.54 Å². The topological polar surface area (TPSA) is 23.5 Å². The summed E-state index contributed by atoms with van der Waals surface area (Å²) in [6.07, 6.45) is 0. The molecule has 0 spiro atoms. The maximum atomic E-state index is 9.05. The number of rotatable bonds is 2. The molecule has 0 saturated carbocycles. The molecule has 12 heavy (non-hydrogen) atoms. The second-order valence-electron chi connectivity index (χ2n) is 3.25. The molecule has 2 nitrogen and oxygen atoms in total. The molecular formula is C10H15NO. The van der Waals surface area contributed by atoms with E-state index in [1.807, 2.05) is 0 Å². The Hall–Kier alpha value is -0.860. The SMILES string of the molecule is Cc1ccc(C)c(CN(C)O)c1. The number of aryl methyl sites for hydroxylation is 2. The standard InChI is InChI=1S/C10H15NO/c1-8-4-5-9(2)10(6-8)7-11(3)12/h4-6,12H,7H2,1-3H3. The van der Waals surface area contributed by atoms with Gasteiger partial charge in [-0.2, -0.15) is 5.06 Å². The van der Waals surface area contributed by atoms with Crippen LogP contribution < -0.4 is 0 Å². The first-order valence-corrected chi connectivity index (χ1v) is 4.06. The highest BCUT2D eigenvalue weighted by Crippen LogP contribution is 2.11. The third kappa shape index (κ3) is 2.32. The highest BCUT2D eigenvalue weighted by atomic mass is 16.5. The number of hydrogen-bond donors (Lipinski definition) is 1. The summed E-state index contributed by atoms with van der Waals surface area (Å²) in [6.45, 7) is 4.70. The summed E-state index contributed by atoms with van der Waals surface area (Å²) in [5.74, 6) is 0. The molecule has 0 heterocycles. The van der Waals surface area contributed by atoms with E-state index in [4.69, 9.17) is 5.21 Å². The fraction of sp³-hybridized carbons (Fsp3) is 0.400. The predicted molar refractivity (Wildman–Crippen MR) is 49.2 cm³/mol. The van der Waals surface area contributed by atoms with E-state index in [0.717, 1.165) is 0 Å². The number of benzene rings is 1. The molecule has 0 radical (unpaired) electrons. The van der Waals surface area contributed by atoms with Gasteiger partial charge in [-0.1, -0.05) is 23.8 Å². The smallest absolute Gasteiger partial charge is 0.0488 e. The maximum absolute atomic E-state index is 9.05. The van der Waals surface area contributed by atoms with Gasteiger partial charge in [0.25, 0.3) is 0 Å². The predicted octanol–water partition coefficient (Wildman–Crippen LogP) is 2.12. The molecule has 0 bridgehead atoms. The Bertz CT molecular complexity index is 269. The molecule has 0 aliphatic carbocycles. The molecule has 1 N–H and O–H groups in total. The van der Waals surface area contributed by atoms with Crippen LogP contribution in [0.3, 0.4) is 0 Å². The number of hydrogen-bond acceptors (Lipinski definition) is 2. The van der Waals surface area contributed by atoms with Crippen LogP contribution in [0.4, 0.5) is 0 Å². The van der Waals surface area contributed by atoms with Gasteiger partial charge in [-0.25, -0.2) is 0 Å². The molecule has 0 saturated heterocycles. The molecular weight excluding hydrogens is 150 g/mol. The largest absolute Gasteiger partial charge is 0.314 e. The summed E-state index contributed by atoms with van der Waals surface area (Å²) >= 11 is 0. The molecule has 1 aromatic rings. The van der Waals surface area contributed by atoms with Crippen LogP contribution in [0.5, 0.6) is 0 Å². The van der Waals surface area contributed by atoms with Crippen LogP contribution in [0.2, 0.25) is 0 Å². The lowest BCUT2D eigenvalue weighted by Gasteiger charge is -2.11. The Morgan fingerprint density at radius 1 is 1.33 bits per heavy atom. The molecule has 0 fully saturated rings. The maximum Gasteiger partial charge on any atom is 0.0488 e. The molecule has 0 unspecified atom stereocenters. The van der Waals surface area contributed by atoms with E-state index in [2.05, 4.69) is 32.0 Å². The van der Waals surface area contributed by atoms with E-state index in [9.17, 15) is 0 Å². The Morgan fingerprint density at radius 2 is 2.00 bits per heavy atom. The second-order valence-corrected chi connectivity index (χ2v) is 3.25. The number of hydroxylamine groups is 2. The van der Waals surface area contributed by atoms with Gasteiger partial charge in [0.05, 0.1) is 0 Å². The first-order valence-electron chi connectivity index (χ1n) is 4.06. The van der Waals surface area contributed by atoms with Crippen LogP contribution in [0.1, 0.15) is 16.7 Å². The quantitative estimate of drug-likeness (QED) is 0.678. The van der Waals surface area contributed by atoms with E-state index in [1.54, 1.807) is 7.05 Å². The third-order valence-corrected chi connectivity index (χ3v) is 1.90. The van der Waals surface area contributed by atoms with Crippen molar-refractivity contribution in [1.82, 2.24) is 5.06 Å². The minimum atomic E-state index is 0.591. The van der Waals surface area contributed by atoms with E-state index >= 15 is 0 Å². The van der Waals surface area contributed by atoms with Crippen LogP contribution in [-0.2, 0) is 6.54 Å². The van der Waals surface area contributed by atoms with E-state index in [1.165, 1.54) is 21.8 Å². The Morgan fingerprint density at radius 3 is 2.58 bits per heavy atom.